The molecule has 1 nitrogen and oxygen atoms in total. The minimum atomic E-state index is -1.06. The first-order valence-corrected chi connectivity index (χ1v) is 10.9. The van der Waals surface area contributed by atoms with Gasteiger partial charge in [0.1, 0.15) is 0 Å². The molecular weight excluding hydrogens is 348 g/mol. The molecule has 4 aromatic rings. The summed E-state index contributed by atoms with van der Waals surface area (Å²) in [7, 11) is -1.06. The van der Waals surface area contributed by atoms with Gasteiger partial charge in [-0.15, -0.1) is 0 Å². The molecule has 0 aromatic heterocycles. The molecule has 4 aromatic carbocycles. The van der Waals surface area contributed by atoms with E-state index in [-0.39, 0.29) is 0 Å². The van der Waals surface area contributed by atoms with Gasteiger partial charge < -0.3 is 0 Å². The van der Waals surface area contributed by atoms with Crippen LogP contribution in [-0.4, -0.2) is 10.5 Å². The van der Waals surface area contributed by atoms with Crippen LogP contribution in [0, 0.1) is 0 Å². The van der Waals surface area contributed by atoms with Crippen LogP contribution in [0.5, 0.6) is 0 Å². The van der Waals surface area contributed by atoms with E-state index in [0.717, 1.165) is 16.9 Å². The van der Waals surface area contributed by atoms with E-state index in [2.05, 4.69) is 67.6 Å². The summed E-state index contributed by atoms with van der Waals surface area (Å²) in [5.74, 6) is 0. The number of rotatable bonds is 2. The molecule has 0 saturated carbocycles. The van der Waals surface area contributed by atoms with Crippen molar-refractivity contribution in [2.45, 2.75) is 18.2 Å². The maximum atomic E-state index is 12.6. The van der Waals surface area contributed by atoms with Gasteiger partial charge in [0.25, 0.3) is 0 Å². The molecule has 0 saturated heterocycles. The number of fused-ring (bicyclic) bond motifs is 5. The molecule has 132 valence electrons. The highest BCUT2D eigenvalue weighted by molar-refractivity contribution is 7.84. The molecule has 1 unspecified atom stereocenters. The highest BCUT2D eigenvalue weighted by atomic mass is 32.2. The smallest absolute Gasteiger partial charge is 0.0504 e. The first-order valence-electron chi connectivity index (χ1n) is 9.32. The quantitative estimate of drug-likeness (QED) is 0.350. The predicted molar refractivity (Wildman–Crippen MR) is 116 cm³/mol. The first-order chi connectivity index (χ1) is 13.2. The molecule has 0 aliphatic heterocycles. The minimum absolute atomic E-state index is 0.907. The van der Waals surface area contributed by atoms with E-state index in [0.29, 0.717) is 0 Å². The van der Waals surface area contributed by atoms with Gasteiger partial charge in [-0.3, -0.25) is 4.21 Å². The third kappa shape index (κ3) is 2.33. The fraction of sp³-hybridized carbons (Fsp3) is 0.120. The minimum Gasteiger partial charge on any atom is -0.255 e. The third-order valence-corrected chi connectivity index (χ3v) is 6.56. The Morgan fingerprint density at radius 1 is 0.704 bits per heavy atom. The number of benzene rings is 4. The van der Waals surface area contributed by atoms with E-state index < -0.39 is 10.8 Å². The molecule has 0 radical (unpaired) electrons. The van der Waals surface area contributed by atoms with Crippen LogP contribution in [0.4, 0.5) is 0 Å². The summed E-state index contributed by atoms with van der Waals surface area (Å²) >= 11 is 0. The molecule has 0 heterocycles. The van der Waals surface area contributed by atoms with Crippen molar-refractivity contribution >= 4 is 21.6 Å². The molecule has 1 aliphatic rings. The fourth-order valence-corrected chi connectivity index (χ4v) is 5.22. The molecule has 5 rings (SSSR count). The number of aryl methyl sites for hydroxylation is 1. The second-order valence-corrected chi connectivity index (χ2v) is 8.38. The van der Waals surface area contributed by atoms with Crippen molar-refractivity contribution in [1.29, 1.82) is 0 Å². The average molecular weight is 369 g/mol. The van der Waals surface area contributed by atoms with Gasteiger partial charge in [-0.25, -0.2) is 0 Å². The lowest BCUT2D eigenvalue weighted by atomic mass is 9.89. The zero-order valence-electron chi connectivity index (χ0n) is 15.5. The van der Waals surface area contributed by atoms with Crippen molar-refractivity contribution in [2.75, 3.05) is 6.26 Å². The summed E-state index contributed by atoms with van der Waals surface area (Å²) in [6.07, 6.45) is 2.76. The van der Waals surface area contributed by atoms with Gasteiger partial charge in [-0.1, -0.05) is 73.7 Å². The summed E-state index contributed by atoms with van der Waals surface area (Å²) in [4.78, 5) is 0.907. The van der Waals surface area contributed by atoms with Crippen LogP contribution in [0.1, 0.15) is 12.5 Å². The van der Waals surface area contributed by atoms with E-state index in [1.165, 1.54) is 44.2 Å². The Morgan fingerprint density at radius 3 is 2.19 bits per heavy atom. The Morgan fingerprint density at radius 2 is 1.41 bits per heavy atom. The second kappa shape index (κ2) is 6.17. The Bertz CT molecular complexity index is 1240. The van der Waals surface area contributed by atoms with Crippen LogP contribution in [-0.2, 0) is 17.2 Å². The number of hydrogen-bond donors (Lipinski definition) is 0. The number of hydrogen-bond acceptors (Lipinski definition) is 1. The van der Waals surface area contributed by atoms with Crippen molar-refractivity contribution < 1.29 is 4.21 Å². The lowest BCUT2D eigenvalue weighted by Gasteiger charge is -2.15. The van der Waals surface area contributed by atoms with Crippen molar-refractivity contribution in [3.8, 4) is 33.4 Å². The van der Waals surface area contributed by atoms with Crippen LogP contribution in [0.25, 0.3) is 44.2 Å². The monoisotopic (exact) mass is 368 g/mol. The van der Waals surface area contributed by atoms with Gasteiger partial charge in [-0.2, -0.15) is 0 Å². The van der Waals surface area contributed by atoms with Gasteiger partial charge >= 0.3 is 0 Å². The van der Waals surface area contributed by atoms with Crippen LogP contribution in [0.3, 0.4) is 0 Å². The molecule has 0 amide bonds. The standard InChI is InChI=1S/C25H20OS/c1-3-16-14-15-17-8-6-12-21-24(17)23(16)19-10-5-4-9-18(19)20-11-7-13-22(25(20)21)27(2)26/h4-15H,3H2,1-2H3. The highest BCUT2D eigenvalue weighted by Gasteiger charge is 2.25. The van der Waals surface area contributed by atoms with Gasteiger partial charge in [0, 0.05) is 16.7 Å². The zero-order valence-corrected chi connectivity index (χ0v) is 16.3. The SMILES string of the molecule is CCc1ccc2cccc3c2c1-c1ccccc1-c1cccc(S(C)=O)c1-3. The summed E-state index contributed by atoms with van der Waals surface area (Å²) in [6, 6.07) is 25.8. The maximum absolute atomic E-state index is 12.6. The van der Waals surface area contributed by atoms with E-state index in [1.807, 2.05) is 12.1 Å². The fourth-order valence-electron chi connectivity index (χ4n) is 4.44. The molecule has 0 N–H and O–H groups in total. The molecule has 0 fully saturated rings. The van der Waals surface area contributed by atoms with Crippen LogP contribution >= 0.6 is 0 Å². The molecule has 27 heavy (non-hydrogen) atoms. The third-order valence-electron chi connectivity index (χ3n) is 5.60. The Labute approximate surface area is 162 Å². The van der Waals surface area contributed by atoms with Crippen LogP contribution in [0.15, 0.2) is 77.7 Å². The lowest BCUT2D eigenvalue weighted by molar-refractivity contribution is 0.687. The van der Waals surface area contributed by atoms with E-state index >= 15 is 0 Å². The molecule has 1 aliphatic carbocycles. The van der Waals surface area contributed by atoms with Crippen molar-refractivity contribution in [3.05, 3.63) is 78.4 Å². The van der Waals surface area contributed by atoms with Crippen molar-refractivity contribution in [3.63, 3.8) is 0 Å². The molecule has 0 bridgehead atoms. The van der Waals surface area contributed by atoms with E-state index in [1.54, 1.807) is 6.26 Å². The van der Waals surface area contributed by atoms with Crippen LogP contribution < -0.4 is 0 Å². The molecular formula is C25H20OS. The zero-order chi connectivity index (χ0) is 18.5. The summed E-state index contributed by atoms with van der Waals surface area (Å²) in [5.41, 5.74) is 8.64. The second-order valence-electron chi connectivity index (χ2n) is 7.04. The average Bonchev–Trinajstić information content (AvgIpc) is 2.83. The van der Waals surface area contributed by atoms with Crippen molar-refractivity contribution in [1.82, 2.24) is 0 Å². The molecule has 2 heteroatoms. The van der Waals surface area contributed by atoms with E-state index in [9.17, 15) is 4.21 Å². The predicted octanol–water partition coefficient (Wildman–Crippen LogP) is 6.45. The maximum Gasteiger partial charge on any atom is 0.0504 e. The molecule has 0 spiro atoms. The van der Waals surface area contributed by atoms with Crippen LogP contribution in [0.2, 0.25) is 0 Å². The van der Waals surface area contributed by atoms with Gasteiger partial charge in [0.15, 0.2) is 0 Å². The van der Waals surface area contributed by atoms with E-state index in [4.69, 9.17) is 0 Å². The summed E-state index contributed by atoms with van der Waals surface area (Å²) in [5, 5.41) is 2.51. The topological polar surface area (TPSA) is 17.1 Å². The first kappa shape index (κ1) is 16.5. The summed E-state index contributed by atoms with van der Waals surface area (Å²) in [6.45, 7) is 2.22. The Kier molecular flexibility index (Phi) is 3.76. The normalized spacial score (nSPS) is 13.0. The lowest BCUT2D eigenvalue weighted by Crippen LogP contribution is -1.95. The Balaban J connectivity index is 2.11. The van der Waals surface area contributed by atoms with Crippen molar-refractivity contribution in [2.24, 2.45) is 0 Å². The largest absolute Gasteiger partial charge is 0.255 e. The van der Waals surface area contributed by atoms with Gasteiger partial charge in [-0.05, 0) is 56.6 Å². The van der Waals surface area contributed by atoms with Gasteiger partial charge in [0.2, 0.25) is 0 Å². The summed E-state index contributed by atoms with van der Waals surface area (Å²) < 4.78 is 12.6. The molecule has 1 atom stereocenters. The van der Waals surface area contributed by atoms with Gasteiger partial charge in [0.05, 0.1) is 10.8 Å². The Hall–Kier alpha value is -2.71. The highest BCUT2D eigenvalue weighted by Crippen LogP contribution is 2.50.